The van der Waals surface area contributed by atoms with Crippen molar-refractivity contribution >= 4 is 5.91 Å². The molecule has 0 aromatic carbocycles. The van der Waals surface area contributed by atoms with E-state index in [9.17, 15) is 4.79 Å². The topological polar surface area (TPSA) is 41.1 Å². The zero-order valence-corrected chi connectivity index (χ0v) is 10.0. The molecule has 0 aromatic heterocycles. The third-order valence-electron chi connectivity index (χ3n) is 2.34. The Kier molecular flexibility index (Phi) is 9.18. The van der Waals surface area contributed by atoms with Crippen LogP contribution in [-0.2, 0) is 4.79 Å². The molecular formula is C12H24N2O. The van der Waals surface area contributed by atoms with Crippen molar-refractivity contribution in [3.63, 3.8) is 0 Å². The van der Waals surface area contributed by atoms with E-state index in [4.69, 9.17) is 0 Å². The van der Waals surface area contributed by atoms with E-state index in [1.165, 1.54) is 0 Å². The highest BCUT2D eigenvalue weighted by atomic mass is 16.1. The lowest BCUT2D eigenvalue weighted by Crippen LogP contribution is -2.39. The maximum atomic E-state index is 11.3. The van der Waals surface area contributed by atoms with Gasteiger partial charge < -0.3 is 10.6 Å². The van der Waals surface area contributed by atoms with Gasteiger partial charge in [-0.15, -0.1) is 6.58 Å². The summed E-state index contributed by atoms with van der Waals surface area (Å²) in [6, 6.07) is 0.426. The van der Waals surface area contributed by atoms with Gasteiger partial charge in [-0.1, -0.05) is 19.9 Å². The fourth-order valence-corrected chi connectivity index (χ4v) is 1.33. The molecule has 0 saturated carbocycles. The second-order valence-corrected chi connectivity index (χ2v) is 3.70. The lowest BCUT2D eigenvalue weighted by atomic mass is 10.1. The fraction of sp³-hybridized carbons (Fsp3) is 0.750. The summed E-state index contributed by atoms with van der Waals surface area (Å²) in [7, 11) is 0. The molecule has 3 heteroatoms. The molecule has 1 atom stereocenters. The Balaban J connectivity index is 3.59. The lowest BCUT2D eigenvalue weighted by Gasteiger charge is -2.15. The first kappa shape index (κ1) is 14.2. The van der Waals surface area contributed by atoms with Gasteiger partial charge in [0.25, 0.3) is 0 Å². The molecule has 3 nitrogen and oxygen atoms in total. The maximum absolute atomic E-state index is 11.3. The van der Waals surface area contributed by atoms with Crippen LogP contribution in [0, 0.1) is 0 Å². The number of hydrogen-bond donors (Lipinski definition) is 2. The molecule has 0 spiro atoms. The van der Waals surface area contributed by atoms with E-state index >= 15 is 0 Å². The summed E-state index contributed by atoms with van der Waals surface area (Å²) in [5.74, 6) is 0.0916. The molecule has 0 aromatic rings. The second kappa shape index (κ2) is 9.71. The van der Waals surface area contributed by atoms with Crippen LogP contribution in [0.5, 0.6) is 0 Å². The highest BCUT2D eigenvalue weighted by molar-refractivity contribution is 5.77. The molecule has 0 aliphatic heterocycles. The highest BCUT2D eigenvalue weighted by Gasteiger charge is 2.06. The monoisotopic (exact) mass is 212 g/mol. The quantitative estimate of drug-likeness (QED) is 0.573. The Morgan fingerprint density at radius 1 is 1.47 bits per heavy atom. The van der Waals surface area contributed by atoms with Gasteiger partial charge in [0.1, 0.15) is 0 Å². The van der Waals surface area contributed by atoms with Crippen LogP contribution in [0.3, 0.4) is 0 Å². The zero-order chi connectivity index (χ0) is 11.5. The molecular weight excluding hydrogens is 188 g/mol. The van der Waals surface area contributed by atoms with Crippen LogP contribution in [0.15, 0.2) is 12.7 Å². The van der Waals surface area contributed by atoms with E-state index in [1.807, 2.05) is 13.0 Å². The third-order valence-corrected chi connectivity index (χ3v) is 2.34. The molecule has 0 fully saturated rings. The van der Waals surface area contributed by atoms with Crippen molar-refractivity contribution in [1.29, 1.82) is 0 Å². The molecule has 1 unspecified atom stereocenters. The summed E-state index contributed by atoms with van der Waals surface area (Å²) in [6.45, 7) is 9.07. The molecule has 15 heavy (non-hydrogen) atoms. The normalized spacial score (nSPS) is 12.1. The Morgan fingerprint density at radius 2 is 2.20 bits per heavy atom. The van der Waals surface area contributed by atoms with Gasteiger partial charge in [-0.05, 0) is 25.7 Å². The highest BCUT2D eigenvalue weighted by Crippen LogP contribution is 2.01. The molecule has 0 saturated heterocycles. The van der Waals surface area contributed by atoms with Crippen molar-refractivity contribution in [3.05, 3.63) is 12.7 Å². The second-order valence-electron chi connectivity index (χ2n) is 3.70. The number of carbonyl (C=O) groups is 1. The van der Waals surface area contributed by atoms with Crippen LogP contribution in [0.1, 0.15) is 39.5 Å². The summed E-state index contributed by atoms with van der Waals surface area (Å²) in [6.07, 6.45) is 6.01. The summed E-state index contributed by atoms with van der Waals surface area (Å²) < 4.78 is 0. The Hall–Kier alpha value is -0.830. The van der Waals surface area contributed by atoms with E-state index in [0.717, 1.165) is 32.2 Å². The molecule has 0 bridgehead atoms. The molecule has 88 valence electrons. The van der Waals surface area contributed by atoms with Crippen molar-refractivity contribution in [3.8, 4) is 0 Å². The van der Waals surface area contributed by atoms with Crippen LogP contribution in [0.25, 0.3) is 0 Å². The van der Waals surface area contributed by atoms with Gasteiger partial charge >= 0.3 is 0 Å². The van der Waals surface area contributed by atoms with Crippen LogP contribution < -0.4 is 10.6 Å². The smallest absolute Gasteiger partial charge is 0.233 e. The summed E-state index contributed by atoms with van der Waals surface area (Å²) in [4.78, 5) is 11.3. The first-order valence-electron chi connectivity index (χ1n) is 5.85. The fourth-order valence-electron chi connectivity index (χ4n) is 1.33. The van der Waals surface area contributed by atoms with Gasteiger partial charge in [-0.25, -0.2) is 0 Å². The van der Waals surface area contributed by atoms with Gasteiger partial charge in [0.15, 0.2) is 0 Å². The predicted octanol–water partition coefficient (Wildman–Crippen LogP) is 1.85. The van der Waals surface area contributed by atoms with Crippen molar-refractivity contribution in [2.24, 2.45) is 0 Å². The van der Waals surface area contributed by atoms with E-state index in [0.29, 0.717) is 12.6 Å². The number of nitrogens with one attached hydrogen (secondary N) is 2. The molecule has 0 heterocycles. The minimum atomic E-state index is 0.0916. The number of carbonyl (C=O) groups excluding carboxylic acids is 1. The van der Waals surface area contributed by atoms with Gasteiger partial charge in [0.05, 0.1) is 6.54 Å². The average molecular weight is 212 g/mol. The van der Waals surface area contributed by atoms with E-state index < -0.39 is 0 Å². The standard InChI is InChI=1S/C12H24N2O/c1-4-7-8-11(6-3)14-10-12(15)13-9-5-2/h4,11,14H,1,5-10H2,2-3H3,(H,13,15). The number of allylic oxidation sites excluding steroid dienone is 1. The van der Waals surface area contributed by atoms with E-state index in [-0.39, 0.29) is 5.91 Å². The minimum absolute atomic E-state index is 0.0916. The third kappa shape index (κ3) is 8.18. The zero-order valence-electron chi connectivity index (χ0n) is 10.0. The molecule has 0 rings (SSSR count). The number of rotatable bonds is 9. The molecule has 2 N–H and O–H groups in total. The first-order chi connectivity index (χ1) is 7.24. The Morgan fingerprint density at radius 3 is 2.73 bits per heavy atom. The molecule has 1 amide bonds. The summed E-state index contributed by atoms with van der Waals surface area (Å²) >= 11 is 0. The largest absolute Gasteiger partial charge is 0.355 e. The van der Waals surface area contributed by atoms with Gasteiger partial charge in [0, 0.05) is 12.6 Å². The van der Waals surface area contributed by atoms with Crippen LogP contribution >= 0.6 is 0 Å². The van der Waals surface area contributed by atoms with Crippen LogP contribution in [0.2, 0.25) is 0 Å². The Labute approximate surface area is 93.3 Å². The van der Waals surface area contributed by atoms with E-state index in [2.05, 4.69) is 24.1 Å². The van der Waals surface area contributed by atoms with Gasteiger partial charge in [-0.2, -0.15) is 0 Å². The molecule has 0 radical (unpaired) electrons. The van der Waals surface area contributed by atoms with Crippen LogP contribution in [0.4, 0.5) is 0 Å². The van der Waals surface area contributed by atoms with Gasteiger partial charge in [0.2, 0.25) is 5.91 Å². The summed E-state index contributed by atoms with van der Waals surface area (Å²) in [5, 5.41) is 6.10. The van der Waals surface area contributed by atoms with Crippen molar-refractivity contribution in [2.45, 2.75) is 45.6 Å². The van der Waals surface area contributed by atoms with Gasteiger partial charge in [-0.3, -0.25) is 4.79 Å². The minimum Gasteiger partial charge on any atom is -0.355 e. The average Bonchev–Trinajstić information content (AvgIpc) is 2.26. The Bertz CT molecular complexity index is 180. The van der Waals surface area contributed by atoms with Crippen molar-refractivity contribution in [1.82, 2.24) is 10.6 Å². The van der Waals surface area contributed by atoms with E-state index in [1.54, 1.807) is 0 Å². The van der Waals surface area contributed by atoms with Crippen LogP contribution in [-0.4, -0.2) is 25.0 Å². The number of amides is 1. The first-order valence-corrected chi connectivity index (χ1v) is 5.85. The molecule has 0 aliphatic rings. The number of hydrogen-bond acceptors (Lipinski definition) is 2. The lowest BCUT2D eigenvalue weighted by molar-refractivity contribution is -0.120. The SMILES string of the molecule is C=CCCC(CC)NCC(=O)NCCC. The van der Waals surface area contributed by atoms with Crippen molar-refractivity contribution in [2.75, 3.05) is 13.1 Å². The maximum Gasteiger partial charge on any atom is 0.233 e. The van der Waals surface area contributed by atoms with Crippen molar-refractivity contribution < 1.29 is 4.79 Å². The summed E-state index contributed by atoms with van der Waals surface area (Å²) in [5.41, 5.74) is 0. The molecule has 0 aliphatic carbocycles. The predicted molar refractivity (Wildman–Crippen MR) is 64.8 cm³/mol.